The number of hydrogen-bond donors (Lipinski definition) is 1. The first-order valence-electron chi connectivity index (χ1n) is 3.34. The van der Waals surface area contributed by atoms with Crippen LogP contribution in [-0.2, 0) is 0 Å². The van der Waals surface area contributed by atoms with E-state index in [0.717, 1.165) is 4.47 Å². The summed E-state index contributed by atoms with van der Waals surface area (Å²) in [5, 5.41) is 9.11. The highest BCUT2D eigenvalue weighted by molar-refractivity contribution is 9.10. The van der Waals surface area contributed by atoms with Crippen molar-refractivity contribution in [2.24, 2.45) is 0 Å². The standard InChI is InChI=1S/C8H9BrO2/c1-2-11-8-4-6(9)3-7(10)5-8/h3-5,10H,2H2,1H3. The highest BCUT2D eigenvalue weighted by Gasteiger charge is 1.96. The normalized spacial score (nSPS) is 9.64. The van der Waals surface area contributed by atoms with E-state index in [2.05, 4.69) is 15.9 Å². The van der Waals surface area contributed by atoms with Crippen LogP contribution in [0.3, 0.4) is 0 Å². The molecule has 11 heavy (non-hydrogen) atoms. The molecule has 0 spiro atoms. The Kier molecular flexibility index (Phi) is 2.76. The lowest BCUT2D eigenvalue weighted by Crippen LogP contribution is -1.90. The van der Waals surface area contributed by atoms with Crippen LogP contribution in [0.2, 0.25) is 0 Å². The average molecular weight is 217 g/mol. The fourth-order valence-corrected chi connectivity index (χ4v) is 1.26. The number of hydrogen-bond acceptors (Lipinski definition) is 2. The minimum absolute atomic E-state index is 0.211. The van der Waals surface area contributed by atoms with E-state index in [-0.39, 0.29) is 5.75 Å². The molecule has 1 N–H and O–H groups in total. The lowest BCUT2D eigenvalue weighted by atomic mass is 10.3. The van der Waals surface area contributed by atoms with Gasteiger partial charge >= 0.3 is 0 Å². The zero-order chi connectivity index (χ0) is 8.27. The molecular weight excluding hydrogens is 208 g/mol. The van der Waals surface area contributed by atoms with E-state index in [1.54, 1.807) is 12.1 Å². The second kappa shape index (κ2) is 3.62. The summed E-state index contributed by atoms with van der Waals surface area (Å²) in [7, 11) is 0. The monoisotopic (exact) mass is 216 g/mol. The number of phenolic OH excluding ortho intramolecular Hbond substituents is 1. The Hall–Kier alpha value is -0.700. The molecule has 0 aliphatic heterocycles. The molecule has 0 radical (unpaired) electrons. The van der Waals surface area contributed by atoms with Crippen molar-refractivity contribution in [2.45, 2.75) is 6.92 Å². The SMILES string of the molecule is CCOc1cc(O)cc(Br)c1. The van der Waals surface area contributed by atoms with Gasteiger partial charge in [0, 0.05) is 10.5 Å². The topological polar surface area (TPSA) is 29.5 Å². The lowest BCUT2D eigenvalue weighted by Gasteiger charge is -2.03. The first-order chi connectivity index (χ1) is 5.22. The minimum atomic E-state index is 0.211. The van der Waals surface area contributed by atoms with E-state index in [0.29, 0.717) is 12.4 Å². The van der Waals surface area contributed by atoms with Gasteiger partial charge < -0.3 is 9.84 Å². The van der Waals surface area contributed by atoms with E-state index in [1.807, 2.05) is 13.0 Å². The van der Waals surface area contributed by atoms with Gasteiger partial charge in [0.05, 0.1) is 6.61 Å². The number of rotatable bonds is 2. The number of ether oxygens (including phenoxy) is 1. The maximum absolute atomic E-state index is 9.11. The van der Waals surface area contributed by atoms with Crippen molar-refractivity contribution in [3.63, 3.8) is 0 Å². The van der Waals surface area contributed by atoms with Crippen molar-refractivity contribution in [3.05, 3.63) is 22.7 Å². The summed E-state index contributed by atoms with van der Waals surface area (Å²) in [5.41, 5.74) is 0. The Morgan fingerprint density at radius 1 is 1.45 bits per heavy atom. The van der Waals surface area contributed by atoms with Crippen LogP contribution in [0, 0.1) is 0 Å². The molecule has 0 heterocycles. The quantitative estimate of drug-likeness (QED) is 0.824. The van der Waals surface area contributed by atoms with Crippen LogP contribution in [0.1, 0.15) is 6.92 Å². The van der Waals surface area contributed by atoms with Crippen molar-refractivity contribution in [1.82, 2.24) is 0 Å². The maximum Gasteiger partial charge on any atom is 0.124 e. The first kappa shape index (κ1) is 8.40. The fourth-order valence-electron chi connectivity index (χ4n) is 0.798. The molecule has 0 atom stereocenters. The van der Waals surface area contributed by atoms with Gasteiger partial charge in [-0.15, -0.1) is 0 Å². The number of benzene rings is 1. The van der Waals surface area contributed by atoms with Crippen molar-refractivity contribution in [2.75, 3.05) is 6.61 Å². The van der Waals surface area contributed by atoms with Crippen LogP contribution in [-0.4, -0.2) is 11.7 Å². The lowest BCUT2D eigenvalue weighted by molar-refractivity contribution is 0.337. The Bertz CT molecular complexity index is 228. The molecule has 0 saturated carbocycles. The Labute approximate surface area is 73.9 Å². The summed E-state index contributed by atoms with van der Waals surface area (Å²) in [6, 6.07) is 5.00. The smallest absolute Gasteiger partial charge is 0.124 e. The molecule has 2 nitrogen and oxygen atoms in total. The molecule has 0 aromatic heterocycles. The summed E-state index contributed by atoms with van der Waals surface area (Å²) in [5.74, 6) is 0.891. The van der Waals surface area contributed by atoms with Crippen LogP contribution in [0.15, 0.2) is 22.7 Å². The predicted molar refractivity (Wildman–Crippen MR) is 47.0 cm³/mol. The molecule has 60 valence electrons. The molecule has 0 unspecified atom stereocenters. The highest BCUT2D eigenvalue weighted by Crippen LogP contribution is 2.24. The van der Waals surface area contributed by atoms with Crippen molar-refractivity contribution < 1.29 is 9.84 Å². The highest BCUT2D eigenvalue weighted by atomic mass is 79.9. The zero-order valence-electron chi connectivity index (χ0n) is 6.17. The van der Waals surface area contributed by atoms with Crippen LogP contribution < -0.4 is 4.74 Å². The summed E-state index contributed by atoms with van der Waals surface area (Å²) in [6.07, 6.45) is 0. The molecule has 1 aromatic rings. The van der Waals surface area contributed by atoms with Crippen LogP contribution in [0.25, 0.3) is 0 Å². The molecule has 1 rings (SSSR count). The number of phenols is 1. The Balaban J connectivity index is 2.89. The van der Waals surface area contributed by atoms with Gasteiger partial charge in [-0.3, -0.25) is 0 Å². The molecule has 0 saturated heterocycles. The minimum Gasteiger partial charge on any atom is -0.508 e. The maximum atomic E-state index is 9.11. The van der Waals surface area contributed by atoms with Crippen LogP contribution in [0.5, 0.6) is 11.5 Å². The largest absolute Gasteiger partial charge is 0.508 e. The van der Waals surface area contributed by atoms with Gasteiger partial charge in [0.1, 0.15) is 11.5 Å². The fraction of sp³-hybridized carbons (Fsp3) is 0.250. The Morgan fingerprint density at radius 2 is 2.18 bits per heavy atom. The van der Waals surface area contributed by atoms with Crippen molar-refractivity contribution in [3.8, 4) is 11.5 Å². The molecule has 0 amide bonds. The van der Waals surface area contributed by atoms with E-state index >= 15 is 0 Å². The van der Waals surface area contributed by atoms with Gasteiger partial charge in [-0.05, 0) is 19.1 Å². The van der Waals surface area contributed by atoms with Gasteiger partial charge in [-0.1, -0.05) is 15.9 Å². The summed E-state index contributed by atoms with van der Waals surface area (Å²) >= 11 is 3.24. The van der Waals surface area contributed by atoms with Gasteiger partial charge in [-0.2, -0.15) is 0 Å². The van der Waals surface area contributed by atoms with Crippen LogP contribution in [0.4, 0.5) is 0 Å². The van der Waals surface area contributed by atoms with Crippen molar-refractivity contribution >= 4 is 15.9 Å². The second-order valence-corrected chi connectivity index (χ2v) is 2.99. The Morgan fingerprint density at radius 3 is 2.73 bits per heavy atom. The molecule has 3 heteroatoms. The third kappa shape index (κ3) is 2.42. The molecule has 0 aliphatic carbocycles. The van der Waals surface area contributed by atoms with E-state index in [9.17, 15) is 0 Å². The zero-order valence-corrected chi connectivity index (χ0v) is 7.76. The molecular formula is C8H9BrO2. The first-order valence-corrected chi connectivity index (χ1v) is 4.14. The molecule has 0 fully saturated rings. The number of halogens is 1. The summed E-state index contributed by atoms with van der Waals surface area (Å²) in [4.78, 5) is 0. The van der Waals surface area contributed by atoms with Gasteiger partial charge in [-0.25, -0.2) is 0 Å². The van der Waals surface area contributed by atoms with Gasteiger partial charge in [0.25, 0.3) is 0 Å². The third-order valence-corrected chi connectivity index (χ3v) is 1.62. The predicted octanol–water partition coefficient (Wildman–Crippen LogP) is 2.55. The summed E-state index contributed by atoms with van der Waals surface area (Å²) < 4.78 is 6.00. The summed E-state index contributed by atoms with van der Waals surface area (Å²) in [6.45, 7) is 2.51. The number of aromatic hydroxyl groups is 1. The second-order valence-electron chi connectivity index (χ2n) is 2.08. The van der Waals surface area contributed by atoms with Crippen molar-refractivity contribution in [1.29, 1.82) is 0 Å². The average Bonchev–Trinajstić information content (AvgIpc) is 1.85. The van der Waals surface area contributed by atoms with Gasteiger partial charge in [0.2, 0.25) is 0 Å². The van der Waals surface area contributed by atoms with E-state index < -0.39 is 0 Å². The van der Waals surface area contributed by atoms with Crippen LogP contribution >= 0.6 is 15.9 Å². The molecule has 1 aromatic carbocycles. The molecule has 0 bridgehead atoms. The third-order valence-electron chi connectivity index (χ3n) is 1.17. The van der Waals surface area contributed by atoms with Gasteiger partial charge in [0.15, 0.2) is 0 Å². The van der Waals surface area contributed by atoms with E-state index in [4.69, 9.17) is 9.84 Å². The molecule has 0 aliphatic rings. The van der Waals surface area contributed by atoms with E-state index in [1.165, 1.54) is 0 Å².